The second-order valence-corrected chi connectivity index (χ2v) is 6.02. The van der Waals surface area contributed by atoms with E-state index in [4.69, 9.17) is 0 Å². The number of hydrogen-bond acceptors (Lipinski definition) is 4. The summed E-state index contributed by atoms with van der Waals surface area (Å²) in [7, 11) is -3.89. The fourth-order valence-electron chi connectivity index (χ4n) is 1.63. The van der Waals surface area contributed by atoms with Gasteiger partial charge in [-0.05, 0) is 13.0 Å². The van der Waals surface area contributed by atoms with Gasteiger partial charge in [-0.3, -0.25) is 10.1 Å². The molecule has 0 saturated heterocycles. The van der Waals surface area contributed by atoms with Crippen molar-refractivity contribution >= 4 is 15.7 Å². The predicted molar refractivity (Wildman–Crippen MR) is 72.3 cm³/mol. The van der Waals surface area contributed by atoms with Crippen molar-refractivity contribution < 1.29 is 13.3 Å². The van der Waals surface area contributed by atoms with Crippen LogP contribution in [0.5, 0.6) is 0 Å². The van der Waals surface area contributed by atoms with E-state index in [1.165, 1.54) is 24.3 Å². The molecule has 0 heterocycles. The zero-order valence-electron chi connectivity index (χ0n) is 10.9. The molecule has 0 amide bonds. The number of para-hydroxylation sites is 1. The molecule has 0 spiro atoms. The Bertz CT molecular complexity index is 596. The molecule has 0 fully saturated rings. The predicted octanol–water partition coefficient (Wildman–Crippen LogP) is 2.18. The Hall–Kier alpha value is -1.73. The first-order chi connectivity index (χ1) is 8.80. The number of rotatable bonds is 6. The highest BCUT2D eigenvalue weighted by Gasteiger charge is 2.30. The van der Waals surface area contributed by atoms with Crippen LogP contribution in [0.1, 0.15) is 13.8 Å². The molecule has 0 bridgehead atoms. The number of benzene rings is 1. The van der Waals surface area contributed by atoms with E-state index >= 15 is 0 Å². The van der Waals surface area contributed by atoms with E-state index in [-0.39, 0.29) is 18.0 Å². The number of nitro benzene ring substituents is 1. The van der Waals surface area contributed by atoms with Crippen molar-refractivity contribution in [1.29, 1.82) is 0 Å². The second kappa shape index (κ2) is 5.94. The van der Waals surface area contributed by atoms with E-state index in [2.05, 4.69) is 6.58 Å². The van der Waals surface area contributed by atoms with Crippen LogP contribution >= 0.6 is 0 Å². The molecule has 1 aromatic rings. The maximum absolute atomic E-state index is 12.4. The number of sulfonamides is 1. The molecule has 104 valence electrons. The number of nitro groups is 1. The molecule has 0 aliphatic rings. The van der Waals surface area contributed by atoms with Crippen LogP contribution in [-0.2, 0) is 10.0 Å². The average molecular weight is 284 g/mol. The minimum atomic E-state index is -3.89. The quantitative estimate of drug-likeness (QED) is 0.455. The molecule has 7 heteroatoms. The van der Waals surface area contributed by atoms with Crippen molar-refractivity contribution in [2.75, 3.05) is 13.1 Å². The highest BCUT2D eigenvalue weighted by molar-refractivity contribution is 7.89. The molecular weight excluding hydrogens is 268 g/mol. The van der Waals surface area contributed by atoms with Gasteiger partial charge in [0, 0.05) is 19.2 Å². The third kappa shape index (κ3) is 3.39. The van der Waals surface area contributed by atoms with Crippen LogP contribution in [0.4, 0.5) is 5.69 Å². The smallest absolute Gasteiger partial charge is 0.258 e. The van der Waals surface area contributed by atoms with E-state index in [0.29, 0.717) is 5.57 Å². The minimum absolute atomic E-state index is 0.144. The van der Waals surface area contributed by atoms with Crippen LogP contribution in [0.2, 0.25) is 0 Å². The lowest BCUT2D eigenvalue weighted by Gasteiger charge is -2.20. The van der Waals surface area contributed by atoms with Crippen LogP contribution in [-0.4, -0.2) is 30.7 Å². The topological polar surface area (TPSA) is 80.5 Å². The van der Waals surface area contributed by atoms with Gasteiger partial charge >= 0.3 is 0 Å². The highest BCUT2D eigenvalue weighted by Crippen LogP contribution is 2.26. The van der Waals surface area contributed by atoms with Gasteiger partial charge < -0.3 is 0 Å². The summed E-state index contributed by atoms with van der Waals surface area (Å²) in [6.45, 7) is 7.42. The normalized spacial score (nSPS) is 11.5. The van der Waals surface area contributed by atoms with E-state index in [0.717, 1.165) is 4.31 Å². The van der Waals surface area contributed by atoms with E-state index in [1.54, 1.807) is 13.8 Å². The first-order valence-corrected chi connectivity index (χ1v) is 7.12. The average Bonchev–Trinajstić information content (AvgIpc) is 2.35. The second-order valence-electron chi connectivity index (χ2n) is 4.11. The van der Waals surface area contributed by atoms with Crippen LogP contribution < -0.4 is 0 Å². The summed E-state index contributed by atoms with van der Waals surface area (Å²) in [5.41, 5.74) is 0.256. The molecule has 0 N–H and O–H groups in total. The lowest BCUT2D eigenvalue weighted by Crippen LogP contribution is -2.32. The SMILES string of the molecule is C=C(C)CN(CC)S(=O)(=O)c1ccccc1[N+](=O)[O-]. The molecular formula is C12H16N2O4S. The largest absolute Gasteiger partial charge is 0.289 e. The first-order valence-electron chi connectivity index (χ1n) is 5.68. The summed E-state index contributed by atoms with van der Waals surface area (Å²) in [4.78, 5) is 9.92. The van der Waals surface area contributed by atoms with Crippen molar-refractivity contribution in [3.63, 3.8) is 0 Å². The van der Waals surface area contributed by atoms with E-state index in [9.17, 15) is 18.5 Å². The summed E-state index contributed by atoms with van der Waals surface area (Å²) >= 11 is 0. The number of likely N-dealkylation sites (N-methyl/N-ethyl adjacent to an activating group) is 1. The summed E-state index contributed by atoms with van der Waals surface area (Å²) in [6, 6.07) is 5.33. The fourth-order valence-corrected chi connectivity index (χ4v) is 3.30. The van der Waals surface area contributed by atoms with Gasteiger partial charge in [-0.25, -0.2) is 8.42 Å². The van der Waals surface area contributed by atoms with Crippen LogP contribution in [0.3, 0.4) is 0 Å². The van der Waals surface area contributed by atoms with Crippen molar-refractivity contribution in [3.8, 4) is 0 Å². The molecule has 0 unspecified atom stereocenters. The lowest BCUT2D eigenvalue weighted by molar-refractivity contribution is -0.387. The van der Waals surface area contributed by atoms with Crippen molar-refractivity contribution in [1.82, 2.24) is 4.31 Å². The Labute approximate surface area is 112 Å². The van der Waals surface area contributed by atoms with Gasteiger partial charge in [0.15, 0.2) is 4.90 Å². The van der Waals surface area contributed by atoms with Gasteiger partial charge in [-0.2, -0.15) is 4.31 Å². The molecule has 0 radical (unpaired) electrons. The Morgan fingerprint density at radius 3 is 2.47 bits per heavy atom. The zero-order valence-corrected chi connectivity index (χ0v) is 11.7. The molecule has 0 saturated carbocycles. The molecule has 1 aromatic carbocycles. The zero-order chi connectivity index (χ0) is 14.6. The third-order valence-electron chi connectivity index (χ3n) is 2.48. The molecule has 0 aliphatic heterocycles. The van der Waals surface area contributed by atoms with E-state index in [1.807, 2.05) is 0 Å². The molecule has 1 rings (SSSR count). The Kier molecular flexibility index (Phi) is 4.79. The van der Waals surface area contributed by atoms with Gasteiger partial charge in [-0.1, -0.05) is 31.2 Å². The maximum atomic E-state index is 12.4. The van der Waals surface area contributed by atoms with Crippen molar-refractivity contribution in [3.05, 3.63) is 46.5 Å². The number of nitrogens with zero attached hydrogens (tertiary/aromatic N) is 2. The summed E-state index contributed by atoms with van der Waals surface area (Å²) < 4.78 is 26.0. The summed E-state index contributed by atoms with van der Waals surface area (Å²) in [5.74, 6) is 0. The first kappa shape index (κ1) is 15.3. The molecule has 0 atom stereocenters. The van der Waals surface area contributed by atoms with Crippen LogP contribution in [0.15, 0.2) is 41.3 Å². The molecule has 6 nitrogen and oxygen atoms in total. The van der Waals surface area contributed by atoms with Crippen molar-refractivity contribution in [2.45, 2.75) is 18.7 Å². The Balaban J connectivity index is 3.34. The van der Waals surface area contributed by atoms with Gasteiger partial charge in [0.25, 0.3) is 5.69 Å². The standard InChI is InChI=1S/C12H16N2O4S/c1-4-13(9-10(2)3)19(17,18)12-8-6-5-7-11(12)14(15)16/h5-8H,2,4,9H2,1,3H3. The van der Waals surface area contributed by atoms with Crippen LogP contribution in [0, 0.1) is 10.1 Å². The summed E-state index contributed by atoms with van der Waals surface area (Å²) in [5, 5.41) is 10.9. The molecule has 19 heavy (non-hydrogen) atoms. The monoisotopic (exact) mass is 284 g/mol. The number of hydrogen-bond donors (Lipinski definition) is 0. The lowest BCUT2D eigenvalue weighted by atomic mass is 10.3. The van der Waals surface area contributed by atoms with Gasteiger partial charge in [0.2, 0.25) is 10.0 Å². The minimum Gasteiger partial charge on any atom is -0.258 e. The van der Waals surface area contributed by atoms with Crippen LogP contribution in [0.25, 0.3) is 0 Å². The summed E-state index contributed by atoms with van der Waals surface area (Å²) in [6.07, 6.45) is 0. The molecule has 0 aromatic heterocycles. The third-order valence-corrected chi connectivity index (χ3v) is 4.45. The van der Waals surface area contributed by atoms with Gasteiger partial charge in [-0.15, -0.1) is 0 Å². The highest BCUT2D eigenvalue weighted by atomic mass is 32.2. The maximum Gasteiger partial charge on any atom is 0.289 e. The van der Waals surface area contributed by atoms with Crippen molar-refractivity contribution in [2.24, 2.45) is 0 Å². The van der Waals surface area contributed by atoms with Gasteiger partial charge in [0.05, 0.1) is 4.92 Å². The molecule has 0 aliphatic carbocycles. The van der Waals surface area contributed by atoms with E-state index < -0.39 is 20.6 Å². The Morgan fingerprint density at radius 2 is 2.00 bits per heavy atom. The Morgan fingerprint density at radius 1 is 1.42 bits per heavy atom. The fraction of sp³-hybridized carbons (Fsp3) is 0.333. The van der Waals surface area contributed by atoms with Gasteiger partial charge in [0.1, 0.15) is 0 Å².